The van der Waals surface area contributed by atoms with Gasteiger partial charge in [0.1, 0.15) is 0 Å². The van der Waals surface area contributed by atoms with Gasteiger partial charge < -0.3 is 5.32 Å². The zero-order chi connectivity index (χ0) is 16.3. The van der Waals surface area contributed by atoms with Crippen molar-refractivity contribution in [2.75, 3.05) is 0 Å². The van der Waals surface area contributed by atoms with Gasteiger partial charge in [0.05, 0.1) is 6.21 Å². The number of carbonyl (C=O) groups excluding carboxylic acids is 2. The van der Waals surface area contributed by atoms with Crippen molar-refractivity contribution in [3.63, 3.8) is 0 Å². The number of hydrogen-bond donors (Lipinski definition) is 2. The minimum Gasteiger partial charge on any atom is -0.352 e. The quantitative estimate of drug-likeness (QED) is 0.608. The monoisotopic (exact) mass is 309 g/mol. The van der Waals surface area contributed by atoms with Crippen LogP contribution < -0.4 is 10.7 Å². The average molecular weight is 309 g/mol. The van der Waals surface area contributed by atoms with E-state index in [1.54, 1.807) is 6.21 Å². The molecule has 0 fully saturated rings. The van der Waals surface area contributed by atoms with Gasteiger partial charge in [-0.3, -0.25) is 9.59 Å². The Balaban J connectivity index is 1.64. The first-order valence-corrected chi connectivity index (χ1v) is 7.41. The van der Waals surface area contributed by atoms with E-state index in [0.29, 0.717) is 6.54 Å². The van der Waals surface area contributed by atoms with E-state index in [1.165, 1.54) is 0 Å². The lowest BCUT2D eigenvalue weighted by molar-refractivity contribution is -0.126. The zero-order valence-corrected chi connectivity index (χ0v) is 12.7. The maximum atomic E-state index is 11.7. The van der Waals surface area contributed by atoms with E-state index in [0.717, 1.165) is 11.1 Å². The highest BCUT2D eigenvalue weighted by atomic mass is 16.2. The molecule has 5 nitrogen and oxygen atoms in total. The number of hydrogen-bond acceptors (Lipinski definition) is 3. The van der Waals surface area contributed by atoms with Gasteiger partial charge in [0.2, 0.25) is 11.8 Å². The number of amides is 2. The summed E-state index contributed by atoms with van der Waals surface area (Å²) in [6.45, 7) is 0.466. The largest absolute Gasteiger partial charge is 0.352 e. The molecule has 0 spiro atoms. The molecule has 0 radical (unpaired) electrons. The molecule has 0 aliphatic rings. The molecule has 2 amide bonds. The highest BCUT2D eigenvalue weighted by Crippen LogP contribution is 1.98. The van der Waals surface area contributed by atoms with Crippen LogP contribution in [0.4, 0.5) is 0 Å². The third kappa shape index (κ3) is 6.56. The molecule has 2 N–H and O–H groups in total. The van der Waals surface area contributed by atoms with Crippen LogP contribution in [0.5, 0.6) is 0 Å². The van der Waals surface area contributed by atoms with Gasteiger partial charge in [-0.2, -0.15) is 5.10 Å². The van der Waals surface area contributed by atoms with E-state index < -0.39 is 0 Å². The molecule has 0 bridgehead atoms. The van der Waals surface area contributed by atoms with E-state index in [9.17, 15) is 9.59 Å². The smallest absolute Gasteiger partial charge is 0.240 e. The Morgan fingerprint density at radius 1 is 0.870 bits per heavy atom. The van der Waals surface area contributed by atoms with Gasteiger partial charge in [-0.1, -0.05) is 60.7 Å². The second kappa shape index (κ2) is 9.15. The third-order valence-electron chi connectivity index (χ3n) is 3.11. The average Bonchev–Trinajstić information content (AvgIpc) is 2.60. The number of hydrazone groups is 1. The number of carbonyl (C=O) groups is 2. The molecule has 23 heavy (non-hydrogen) atoms. The minimum atomic E-state index is -0.285. The summed E-state index contributed by atoms with van der Waals surface area (Å²) in [5, 5.41) is 6.64. The summed E-state index contributed by atoms with van der Waals surface area (Å²) < 4.78 is 0. The van der Waals surface area contributed by atoms with Crippen molar-refractivity contribution in [2.24, 2.45) is 5.10 Å². The first-order valence-electron chi connectivity index (χ1n) is 7.41. The van der Waals surface area contributed by atoms with Crippen molar-refractivity contribution in [3.05, 3.63) is 71.8 Å². The molecule has 0 aromatic heterocycles. The fraction of sp³-hybridized carbons (Fsp3) is 0.167. The summed E-state index contributed by atoms with van der Waals surface area (Å²) in [5.74, 6) is -0.442. The maximum absolute atomic E-state index is 11.7. The number of nitrogens with one attached hydrogen (secondary N) is 2. The van der Waals surface area contributed by atoms with Crippen LogP contribution in [0.2, 0.25) is 0 Å². The molecule has 0 aliphatic heterocycles. The first-order chi connectivity index (χ1) is 11.2. The summed E-state index contributed by atoms with van der Waals surface area (Å²) in [6.07, 6.45) is 1.81. The molecule has 5 heteroatoms. The van der Waals surface area contributed by atoms with Gasteiger partial charge in [-0.05, 0) is 11.1 Å². The van der Waals surface area contributed by atoms with Gasteiger partial charge in [0.25, 0.3) is 0 Å². The lowest BCUT2D eigenvalue weighted by Gasteiger charge is -2.04. The van der Waals surface area contributed by atoms with Crippen LogP contribution in [0.15, 0.2) is 65.8 Å². The van der Waals surface area contributed by atoms with Gasteiger partial charge >= 0.3 is 0 Å². The first kappa shape index (κ1) is 16.4. The molecule has 0 aliphatic carbocycles. The summed E-state index contributed by atoms with van der Waals surface area (Å²) in [6, 6.07) is 19.1. The Morgan fingerprint density at radius 3 is 2.17 bits per heavy atom. The summed E-state index contributed by atoms with van der Waals surface area (Å²) in [5.41, 5.74) is 4.33. The van der Waals surface area contributed by atoms with E-state index in [2.05, 4.69) is 15.8 Å². The van der Waals surface area contributed by atoms with Crippen LogP contribution in [-0.4, -0.2) is 18.0 Å². The molecule has 2 rings (SSSR count). The second-order valence-electron chi connectivity index (χ2n) is 4.97. The van der Waals surface area contributed by atoms with Crippen molar-refractivity contribution >= 4 is 18.0 Å². The fourth-order valence-corrected chi connectivity index (χ4v) is 1.89. The number of rotatable bonds is 7. The van der Waals surface area contributed by atoms with E-state index in [4.69, 9.17) is 0 Å². The van der Waals surface area contributed by atoms with Gasteiger partial charge in [-0.15, -0.1) is 0 Å². The predicted molar refractivity (Wildman–Crippen MR) is 89.7 cm³/mol. The van der Waals surface area contributed by atoms with Gasteiger partial charge in [0.15, 0.2) is 0 Å². The Morgan fingerprint density at radius 2 is 1.48 bits per heavy atom. The Bertz CT molecular complexity index is 654. The van der Waals surface area contributed by atoms with Gasteiger partial charge in [-0.25, -0.2) is 5.43 Å². The van der Waals surface area contributed by atoms with Crippen LogP contribution in [0.1, 0.15) is 24.0 Å². The Kier molecular flexibility index (Phi) is 6.53. The van der Waals surface area contributed by atoms with Crippen LogP contribution in [-0.2, 0) is 16.1 Å². The van der Waals surface area contributed by atoms with Crippen molar-refractivity contribution in [1.29, 1.82) is 0 Å². The second-order valence-corrected chi connectivity index (χ2v) is 4.97. The number of nitrogens with zero attached hydrogens (tertiary/aromatic N) is 1. The predicted octanol–water partition coefficient (Wildman–Crippen LogP) is 2.23. The molecular formula is C18H19N3O2. The lowest BCUT2D eigenvalue weighted by Crippen LogP contribution is -2.25. The van der Waals surface area contributed by atoms with Gasteiger partial charge in [0, 0.05) is 19.4 Å². The standard InChI is InChI=1S/C18H19N3O2/c22-17(19-13-15-7-3-1-4-8-15)11-12-18(23)21-20-14-16-9-5-2-6-10-16/h1-10,14H,11-13H2,(H,19,22)(H,21,23)/b20-14+. The molecule has 118 valence electrons. The molecular weight excluding hydrogens is 290 g/mol. The highest BCUT2D eigenvalue weighted by molar-refractivity contribution is 5.85. The summed E-state index contributed by atoms with van der Waals surface area (Å²) in [4.78, 5) is 23.3. The molecule has 0 unspecified atom stereocenters. The summed E-state index contributed by atoms with van der Waals surface area (Å²) >= 11 is 0. The molecule has 2 aromatic rings. The minimum absolute atomic E-state index is 0.104. The van der Waals surface area contributed by atoms with Crippen molar-refractivity contribution in [2.45, 2.75) is 19.4 Å². The Hall–Kier alpha value is -2.95. The molecule has 0 heterocycles. The normalized spacial score (nSPS) is 10.4. The molecule has 0 saturated carbocycles. The lowest BCUT2D eigenvalue weighted by atomic mass is 10.2. The Labute approximate surface area is 135 Å². The number of benzene rings is 2. The van der Waals surface area contributed by atoms with E-state index in [1.807, 2.05) is 60.7 Å². The molecule has 0 saturated heterocycles. The van der Waals surface area contributed by atoms with Crippen molar-refractivity contribution < 1.29 is 9.59 Å². The van der Waals surface area contributed by atoms with Crippen molar-refractivity contribution in [3.8, 4) is 0 Å². The van der Waals surface area contributed by atoms with Crippen LogP contribution in [0.25, 0.3) is 0 Å². The maximum Gasteiger partial charge on any atom is 0.240 e. The van der Waals surface area contributed by atoms with Crippen LogP contribution in [0, 0.1) is 0 Å². The van der Waals surface area contributed by atoms with E-state index in [-0.39, 0.29) is 24.7 Å². The third-order valence-corrected chi connectivity index (χ3v) is 3.11. The van der Waals surface area contributed by atoms with Crippen LogP contribution >= 0.6 is 0 Å². The van der Waals surface area contributed by atoms with E-state index >= 15 is 0 Å². The topological polar surface area (TPSA) is 70.6 Å². The molecule has 0 atom stereocenters. The molecule has 2 aromatic carbocycles. The fourth-order valence-electron chi connectivity index (χ4n) is 1.89. The van der Waals surface area contributed by atoms with Crippen LogP contribution in [0.3, 0.4) is 0 Å². The summed E-state index contributed by atoms with van der Waals surface area (Å²) in [7, 11) is 0. The highest BCUT2D eigenvalue weighted by Gasteiger charge is 2.05. The SMILES string of the molecule is O=C(CCC(=O)N/N=C/c1ccccc1)NCc1ccccc1. The van der Waals surface area contributed by atoms with Crippen molar-refractivity contribution in [1.82, 2.24) is 10.7 Å². The zero-order valence-electron chi connectivity index (χ0n) is 12.7.